The second-order valence-electron chi connectivity index (χ2n) is 7.37. The lowest BCUT2D eigenvalue weighted by molar-refractivity contribution is 0.0638. The zero-order chi connectivity index (χ0) is 20.5. The van der Waals surface area contributed by atoms with Gasteiger partial charge in [0.05, 0.1) is 11.1 Å². The Kier molecular flexibility index (Phi) is 5.07. The zero-order valence-corrected chi connectivity index (χ0v) is 16.3. The molecule has 0 fully saturated rings. The van der Waals surface area contributed by atoms with Gasteiger partial charge in [-0.3, -0.25) is 19.3 Å². The van der Waals surface area contributed by atoms with Crippen LogP contribution >= 0.6 is 0 Å². The number of nitrogens with two attached hydrogens (primary N) is 1. The van der Waals surface area contributed by atoms with E-state index in [1.165, 1.54) is 10.5 Å². The maximum absolute atomic E-state index is 13.0. The summed E-state index contributed by atoms with van der Waals surface area (Å²) >= 11 is 0. The quantitative estimate of drug-likeness (QED) is 0.477. The van der Waals surface area contributed by atoms with Crippen LogP contribution in [0.3, 0.4) is 0 Å². The molecule has 0 spiro atoms. The van der Waals surface area contributed by atoms with E-state index in [4.69, 9.17) is 10.5 Å². The van der Waals surface area contributed by atoms with E-state index in [2.05, 4.69) is 0 Å². The molecule has 2 aromatic carbocycles. The standard InChI is InChI=1S/C22H23N3O4/c1-29-10-2-8-25-21(27)18-6-4-15(12-19(18)22(25)28)20(26)24-9-7-14-3-5-17(23)11-16(14)13-24/h3-6,11-12H,2,7-10,13,23H2,1H3. The van der Waals surface area contributed by atoms with Gasteiger partial charge in [-0.15, -0.1) is 0 Å². The van der Waals surface area contributed by atoms with Crippen LogP contribution < -0.4 is 5.73 Å². The third-order valence-corrected chi connectivity index (χ3v) is 5.48. The molecule has 0 radical (unpaired) electrons. The van der Waals surface area contributed by atoms with Crippen molar-refractivity contribution >= 4 is 23.4 Å². The van der Waals surface area contributed by atoms with Crippen molar-refractivity contribution in [3.63, 3.8) is 0 Å². The number of hydrogen-bond donors (Lipinski definition) is 1. The van der Waals surface area contributed by atoms with Crippen molar-refractivity contribution in [2.75, 3.05) is 32.5 Å². The first-order valence-corrected chi connectivity index (χ1v) is 9.65. The molecule has 2 N–H and O–H groups in total. The average molecular weight is 393 g/mol. The van der Waals surface area contributed by atoms with Crippen molar-refractivity contribution < 1.29 is 19.1 Å². The number of anilines is 1. The van der Waals surface area contributed by atoms with Gasteiger partial charge in [0.15, 0.2) is 0 Å². The highest BCUT2D eigenvalue weighted by Crippen LogP contribution is 2.27. The van der Waals surface area contributed by atoms with Crippen LogP contribution in [-0.2, 0) is 17.7 Å². The number of amides is 3. The van der Waals surface area contributed by atoms with Crippen LogP contribution in [0.5, 0.6) is 0 Å². The molecule has 0 saturated heterocycles. The smallest absolute Gasteiger partial charge is 0.261 e. The molecule has 3 amide bonds. The Hall–Kier alpha value is -3.19. The van der Waals surface area contributed by atoms with Gasteiger partial charge in [0, 0.05) is 44.6 Å². The third-order valence-electron chi connectivity index (χ3n) is 5.48. The van der Waals surface area contributed by atoms with Crippen LogP contribution in [-0.4, -0.2) is 54.3 Å². The summed E-state index contributed by atoms with van der Waals surface area (Å²) in [6.45, 7) is 1.85. The first-order chi connectivity index (χ1) is 14.0. The number of ether oxygens (including phenoxy) is 1. The third kappa shape index (κ3) is 3.49. The summed E-state index contributed by atoms with van der Waals surface area (Å²) in [6.07, 6.45) is 1.33. The topological polar surface area (TPSA) is 92.9 Å². The molecule has 2 aromatic rings. The van der Waals surface area contributed by atoms with E-state index in [0.29, 0.717) is 55.0 Å². The van der Waals surface area contributed by atoms with Crippen LogP contribution in [0.4, 0.5) is 5.69 Å². The van der Waals surface area contributed by atoms with Gasteiger partial charge < -0.3 is 15.4 Å². The van der Waals surface area contributed by atoms with Crippen LogP contribution in [0.1, 0.15) is 48.6 Å². The fourth-order valence-corrected chi connectivity index (χ4v) is 3.93. The molecular formula is C22H23N3O4. The molecule has 7 nitrogen and oxygen atoms in total. The second kappa shape index (κ2) is 7.67. The number of carbonyl (C=O) groups excluding carboxylic acids is 3. The lowest BCUT2D eigenvalue weighted by atomic mass is 9.98. The van der Waals surface area contributed by atoms with E-state index in [9.17, 15) is 14.4 Å². The molecule has 4 rings (SSSR count). The average Bonchev–Trinajstić information content (AvgIpc) is 2.97. The molecule has 0 unspecified atom stereocenters. The number of nitrogen functional groups attached to an aromatic ring is 1. The number of hydrogen-bond acceptors (Lipinski definition) is 5. The van der Waals surface area contributed by atoms with Gasteiger partial charge in [-0.25, -0.2) is 0 Å². The maximum Gasteiger partial charge on any atom is 0.261 e. The highest BCUT2D eigenvalue weighted by atomic mass is 16.5. The number of benzene rings is 2. The summed E-state index contributed by atoms with van der Waals surface area (Å²) in [4.78, 5) is 41.2. The highest BCUT2D eigenvalue weighted by Gasteiger charge is 2.36. The van der Waals surface area contributed by atoms with Crippen LogP contribution in [0.25, 0.3) is 0 Å². The number of rotatable bonds is 5. The van der Waals surface area contributed by atoms with Crippen LogP contribution in [0.15, 0.2) is 36.4 Å². The van der Waals surface area contributed by atoms with E-state index in [-0.39, 0.29) is 17.7 Å². The van der Waals surface area contributed by atoms with Gasteiger partial charge in [-0.05, 0) is 54.3 Å². The van der Waals surface area contributed by atoms with Crippen LogP contribution in [0.2, 0.25) is 0 Å². The van der Waals surface area contributed by atoms with Crippen molar-refractivity contribution in [1.82, 2.24) is 9.80 Å². The molecular weight excluding hydrogens is 370 g/mol. The lowest BCUT2D eigenvalue weighted by Gasteiger charge is -2.29. The van der Waals surface area contributed by atoms with Gasteiger partial charge in [0.2, 0.25) is 0 Å². The number of carbonyl (C=O) groups is 3. The Balaban J connectivity index is 1.54. The Labute approximate surface area is 169 Å². The van der Waals surface area contributed by atoms with Gasteiger partial charge in [-0.1, -0.05) is 6.07 Å². The summed E-state index contributed by atoms with van der Waals surface area (Å²) in [5, 5.41) is 0. The van der Waals surface area contributed by atoms with Gasteiger partial charge >= 0.3 is 0 Å². The predicted molar refractivity (Wildman–Crippen MR) is 108 cm³/mol. The molecule has 0 bridgehead atoms. The van der Waals surface area contributed by atoms with Crippen molar-refractivity contribution in [2.24, 2.45) is 0 Å². The fourth-order valence-electron chi connectivity index (χ4n) is 3.93. The second-order valence-corrected chi connectivity index (χ2v) is 7.37. The highest BCUT2D eigenvalue weighted by molar-refractivity contribution is 6.22. The lowest BCUT2D eigenvalue weighted by Crippen LogP contribution is -2.36. The molecule has 150 valence electrons. The van der Waals surface area contributed by atoms with Gasteiger partial charge in [0.25, 0.3) is 17.7 Å². The van der Waals surface area contributed by atoms with Gasteiger partial charge in [0.1, 0.15) is 0 Å². The monoisotopic (exact) mass is 393 g/mol. The molecule has 0 saturated carbocycles. The Morgan fingerprint density at radius 2 is 1.86 bits per heavy atom. The predicted octanol–water partition coefficient (Wildman–Crippen LogP) is 2.10. The van der Waals surface area contributed by atoms with E-state index >= 15 is 0 Å². The number of imide groups is 1. The minimum atomic E-state index is -0.354. The molecule has 0 atom stereocenters. The Morgan fingerprint density at radius 1 is 1.07 bits per heavy atom. The summed E-state index contributed by atoms with van der Waals surface area (Å²) in [6, 6.07) is 10.5. The first-order valence-electron chi connectivity index (χ1n) is 9.65. The largest absolute Gasteiger partial charge is 0.399 e. The Morgan fingerprint density at radius 3 is 2.66 bits per heavy atom. The van der Waals surface area contributed by atoms with E-state index < -0.39 is 0 Å². The molecule has 7 heteroatoms. The van der Waals surface area contributed by atoms with Crippen molar-refractivity contribution in [2.45, 2.75) is 19.4 Å². The SMILES string of the molecule is COCCCN1C(=O)c2ccc(C(=O)N3CCc4ccc(N)cc4C3)cc2C1=O. The normalized spacial score (nSPS) is 15.5. The molecule has 0 aliphatic carbocycles. The molecule has 0 aromatic heterocycles. The molecule has 2 aliphatic heterocycles. The molecule has 2 aliphatic rings. The van der Waals surface area contributed by atoms with E-state index in [0.717, 1.165) is 12.0 Å². The van der Waals surface area contributed by atoms with Gasteiger partial charge in [-0.2, -0.15) is 0 Å². The summed E-state index contributed by atoms with van der Waals surface area (Å²) in [5.74, 6) is -0.825. The van der Waals surface area contributed by atoms with Crippen LogP contribution in [0, 0.1) is 0 Å². The maximum atomic E-state index is 13.0. The van der Waals surface area contributed by atoms with Crippen molar-refractivity contribution in [3.05, 3.63) is 64.2 Å². The van der Waals surface area contributed by atoms with E-state index in [1.807, 2.05) is 18.2 Å². The summed E-state index contributed by atoms with van der Waals surface area (Å²) in [7, 11) is 1.58. The summed E-state index contributed by atoms with van der Waals surface area (Å²) in [5.41, 5.74) is 9.84. The fraction of sp³-hybridized carbons (Fsp3) is 0.318. The zero-order valence-electron chi connectivity index (χ0n) is 16.3. The van der Waals surface area contributed by atoms with Crippen molar-refractivity contribution in [1.29, 1.82) is 0 Å². The number of nitrogens with zero attached hydrogens (tertiary/aromatic N) is 2. The van der Waals surface area contributed by atoms with Crippen molar-refractivity contribution in [3.8, 4) is 0 Å². The number of methoxy groups -OCH3 is 1. The minimum absolute atomic E-state index is 0.154. The minimum Gasteiger partial charge on any atom is -0.399 e. The summed E-state index contributed by atoms with van der Waals surface area (Å²) < 4.78 is 4.99. The molecule has 2 heterocycles. The van der Waals surface area contributed by atoms with E-state index in [1.54, 1.807) is 30.2 Å². The first kappa shape index (κ1) is 19.1. The number of fused-ring (bicyclic) bond motifs is 2. The Bertz CT molecular complexity index is 1000. The molecule has 29 heavy (non-hydrogen) atoms.